The third kappa shape index (κ3) is 3.52. The molecule has 1 atom stereocenters. The quantitative estimate of drug-likeness (QED) is 0.787. The Hall–Kier alpha value is -0.420. The molecular formula is C12H19N3S2. The van der Waals surface area contributed by atoms with Gasteiger partial charge in [0.05, 0.1) is 0 Å². The maximum atomic E-state index is 4.33. The lowest BCUT2D eigenvalue weighted by atomic mass is 10.2. The van der Waals surface area contributed by atoms with Gasteiger partial charge in [0.2, 0.25) is 0 Å². The number of thioether (sulfide) groups is 2. The van der Waals surface area contributed by atoms with Gasteiger partial charge in [-0.3, -0.25) is 0 Å². The lowest BCUT2D eigenvalue weighted by molar-refractivity contribution is 0.735. The molecule has 94 valence electrons. The van der Waals surface area contributed by atoms with Crippen LogP contribution < -0.4 is 4.90 Å². The van der Waals surface area contributed by atoms with Gasteiger partial charge in [0.25, 0.3) is 0 Å². The van der Waals surface area contributed by atoms with Crippen molar-refractivity contribution in [2.75, 3.05) is 30.5 Å². The average Bonchev–Trinajstić information content (AvgIpc) is 2.64. The van der Waals surface area contributed by atoms with Crippen molar-refractivity contribution < 1.29 is 0 Å². The lowest BCUT2D eigenvalue weighted by Crippen LogP contribution is -2.30. The molecule has 1 fully saturated rings. The largest absolute Gasteiger partial charge is 0.354 e. The number of hydrogen-bond donors (Lipinski definition) is 0. The van der Waals surface area contributed by atoms with Crippen molar-refractivity contribution in [3.63, 3.8) is 0 Å². The van der Waals surface area contributed by atoms with E-state index in [2.05, 4.69) is 33.5 Å². The molecule has 1 aromatic rings. The fourth-order valence-corrected chi connectivity index (χ4v) is 3.15. The number of rotatable bonds is 3. The minimum absolute atomic E-state index is 0.736. The monoisotopic (exact) mass is 269 g/mol. The lowest BCUT2D eigenvalue weighted by Gasteiger charge is -2.24. The number of aromatic nitrogens is 2. The van der Waals surface area contributed by atoms with Gasteiger partial charge in [0, 0.05) is 18.3 Å². The molecule has 1 unspecified atom stereocenters. The normalized spacial score (nSPS) is 21.3. The summed E-state index contributed by atoms with van der Waals surface area (Å²) in [5, 5.41) is 10.3. The van der Waals surface area contributed by atoms with Crippen molar-refractivity contribution >= 4 is 29.3 Å². The second kappa shape index (κ2) is 6.50. The van der Waals surface area contributed by atoms with Crippen LogP contribution in [-0.2, 0) is 0 Å². The zero-order valence-electron chi connectivity index (χ0n) is 10.4. The molecular weight excluding hydrogens is 250 g/mol. The summed E-state index contributed by atoms with van der Waals surface area (Å²) in [6.45, 7) is 2.22. The zero-order valence-corrected chi connectivity index (χ0v) is 12.1. The molecule has 1 aliphatic rings. The third-order valence-electron chi connectivity index (χ3n) is 3.12. The van der Waals surface area contributed by atoms with Crippen LogP contribution in [0.15, 0.2) is 17.2 Å². The molecule has 0 aliphatic carbocycles. The molecule has 1 aromatic heterocycles. The summed E-state index contributed by atoms with van der Waals surface area (Å²) in [5.41, 5.74) is 0. The predicted molar refractivity (Wildman–Crippen MR) is 77.2 cm³/mol. The van der Waals surface area contributed by atoms with E-state index in [0.29, 0.717) is 0 Å². The van der Waals surface area contributed by atoms with Gasteiger partial charge >= 0.3 is 0 Å². The summed E-state index contributed by atoms with van der Waals surface area (Å²) in [5.74, 6) is 1.03. The van der Waals surface area contributed by atoms with Crippen LogP contribution in [0.2, 0.25) is 0 Å². The summed E-state index contributed by atoms with van der Waals surface area (Å²) in [7, 11) is 0. The first-order valence-corrected chi connectivity index (χ1v) is 8.50. The van der Waals surface area contributed by atoms with Crippen molar-refractivity contribution in [1.82, 2.24) is 10.2 Å². The first-order valence-electron chi connectivity index (χ1n) is 5.99. The van der Waals surface area contributed by atoms with Crippen LogP contribution in [0.4, 0.5) is 5.82 Å². The standard InChI is InChI=1S/C12H19N3S2/c1-16-10-5-3-4-8-15(9-10)11-6-7-12(17-2)14-13-11/h6-7,10H,3-5,8-9H2,1-2H3. The van der Waals surface area contributed by atoms with Crippen LogP contribution in [0.1, 0.15) is 19.3 Å². The van der Waals surface area contributed by atoms with Crippen LogP contribution in [0.3, 0.4) is 0 Å². The highest BCUT2D eigenvalue weighted by Gasteiger charge is 2.18. The summed E-state index contributed by atoms with van der Waals surface area (Å²) in [6.07, 6.45) is 8.16. The minimum atomic E-state index is 0.736. The molecule has 1 saturated heterocycles. The van der Waals surface area contributed by atoms with Gasteiger partial charge < -0.3 is 4.90 Å². The van der Waals surface area contributed by atoms with Crippen molar-refractivity contribution in [3.8, 4) is 0 Å². The van der Waals surface area contributed by atoms with E-state index in [-0.39, 0.29) is 0 Å². The van der Waals surface area contributed by atoms with Crippen LogP contribution in [-0.4, -0.2) is 41.0 Å². The molecule has 0 spiro atoms. The van der Waals surface area contributed by atoms with E-state index >= 15 is 0 Å². The molecule has 2 rings (SSSR count). The molecule has 1 aliphatic heterocycles. The molecule has 0 N–H and O–H groups in total. The maximum absolute atomic E-state index is 4.33. The van der Waals surface area contributed by atoms with Crippen molar-refractivity contribution in [2.45, 2.75) is 29.5 Å². The Balaban J connectivity index is 2.08. The SMILES string of the molecule is CSc1ccc(N2CCCCC(SC)C2)nn1. The van der Waals surface area contributed by atoms with Gasteiger partial charge in [-0.2, -0.15) is 11.8 Å². The molecule has 3 nitrogen and oxygen atoms in total. The molecule has 0 aromatic carbocycles. The third-order valence-corrected chi connectivity index (χ3v) is 4.81. The second-order valence-corrected chi connectivity index (χ2v) is 6.20. The summed E-state index contributed by atoms with van der Waals surface area (Å²) in [6, 6.07) is 4.16. The van der Waals surface area contributed by atoms with E-state index in [0.717, 1.165) is 29.2 Å². The first-order chi connectivity index (χ1) is 8.33. The van der Waals surface area contributed by atoms with E-state index < -0.39 is 0 Å². The number of nitrogens with zero attached hydrogens (tertiary/aromatic N) is 3. The van der Waals surface area contributed by atoms with Gasteiger partial charge in [0.15, 0.2) is 5.82 Å². The van der Waals surface area contributed by atoms with Crippen molar-refractivity contribution in [1.29, 1.82) is 0 Å². The van der Waals surface area contributed by atoms with Gasteiger partial charge in [-0.25, -0.2) is 0 Å². The van der Waals surface area contributed by atoms with E-state index in [1.165, 1.54) is 19.3 Å². The van der Waals surface area contributed by atoms with Gasteiger partial charge in [-0.15, -0.1) is 22.0 Å². The summed E-state index contributed by atoms with van der Waals surface area (Å²) >= 11 is 3.61. The Morgan fingerprint density at radius 1 is 1.24 bits per heavy atom. The summed E-state index contributed by atoms with van der Waals surface area (Å²) in [4.78, 5) is 2.38. The Kier molecular flexibility index (Phi) is 4.98. The van der Waals surface area contributed by atoms with E-state index in [1.54, 1.807) is 11.8 Å². The van der Waals surface area contributed by atoms with Crippen molar-refractivity contribution in [2.24, 2.45) is 0 Å². The van der Waals surface area contributed by atoms with E-state index in [9.17, 15) is 0 Å². The Morgan fingerprint density at radius 3 is 2.76 bits per heavy atom. The molecule has 2 heterocycles. The van der Waals surface area contributed by atoms with Crippen LogP contribution in [0.25, 0.3) is 0 Å². The predicted octanol–water partition coefficient (Wildman–Crippen LogP) is 2.92. The molecule has 0 saturated carbocycles. The van der Waals surface area contributed by atoms with Gasteiger partial charge in [-0.05, 0) is 37.5 Å². The Labute approximate surface area is 112 Å². The fourth-order valence-electron chi connectivity index (χ4n) is 2.09. The zero-order chi connectivity index (χ0) is 12.1. The molecule has 0 amide bonds. The van der Waals surface area contributed by atoms with Crippen LogP contribution in [0, 0.1) is 0 Å². The summed E-state index contributed by atoms with van der Waals surface area (Å²) < 4.78 is 0. The van der Waals surface area contributed by atoms with Crippen molar-refractivity contribution in [3.05, 3.63) is 12.1 Å². The fraction of sp³-hybridized carbons (Fsp3) is 0.667. The highest BCUT2D eigenvalue weighted by atomic mass is 32.2. The molecule has 0 bridgehead atoms. The maximum Gasteiger partial charge on any atom is 0.151 e. The van der Waals surface area contributed by atoms with E-state index in [1.807, 2.05) is 18.0 Å². The second-order valence-electron chi connectivity index (χ2n) is 4.23. The topological polar surface area (TPSA) is 29.0 Å². The molecule has 0 radical (unpaired) electrons. The molecule has 17 heavy (non-hydrogen) atoms. The van der Waals surface area contributed by atoms with Crippen LogP contribution >= 0.6 is 23.5 Å². The number of anilines is 1. The van der Waals surface area contributed by atoms with Gasteiger partial charge in [0.1, 0.15) is 5.03 Å². The average molecular weight is 269 g/mol. The first kappa shape index (κ1) is 13.0. The molecule has 5 heteroatoms. The highest BCUT2D eigenvalue weighted by molar-refractivity contribution is 7.99. The minimum Gasteiger partial charge on any atom is -0.354 e. The van der Waals surface area contributed by atoms with E-state index in [4.69, 9.17) is 0 Å². The Bertz CT molecular complexity index is 342. The smallest absolute Gasteiger partial charge is 0.151 e. The van der Waals surface area contributed by atoms with Gasteiger partial charge in [-0.1, -0.05) is 6.42 Å². The van der Waals surface area contributed by atoms with Crippen LogP contribution in [0.5, 0.6) is 0 Å². The Morgan fingerprint density at radius 2 is 2.12 bits per heavy atom. The number of hydrogen-bond acceptors (Lipinski definition) is 5. The highest BCUT2D eigenvalue weighted by Crippen LogP contribution is 2.23.